The molecule has 0 aliphatic heterocycles. The molecule has 0 fully saturated rings. The van der Waals surface area contributed by atoms with E-state index in [-0.39, 0.29) is 5.78 Å². The fourth-order valence-corrected chi connectivity index (χ4v) is 1.41. The van der Waals surface area contributed by atoms with Crippen LogP contribution in [0.25, 0.3) is 0 Å². The van der Waals surface area contributed by atoms with Gasteiger partial charge in [-0.2, -0.15) is 0 Å². The largest absolute Gasteiger partial charge is 0.459 e. The third-order valence-electron chi connectivity index (χ3n) is 2.09. The zero-order valence-corrected chi connectivity index (χ0v) is 9.79. The second-order valence-corrected chi connectivity index (χ2v) is 4.06. The fraction of sp³-hybridized carbons (Fsp3) is 0.500. The predicted molar refractivity (Wildman–Crippen MR) is 59.4 cm³/mol. The van der Waals surface area contributed by atoms with Gasteiger partial charge in [0.2, 0.25) is 0 Å². The van der Waals surface area contributed by atoms with E-state index in [0.717, 1.165) is 0 Å². The Bertz CT molecular complexity index is 300. The lowest BCUT2D eigenvalue weighted by molar-refractivity contribution is -0.158. The average Bonchev–Trinajstić information content (AvgIpc) is 2.01. The van der Waals surface area contributed by atoms with Crippen LogP contribution >= 0.6 is 0 Å². The lowest BCUT2D eigenvalue weighted by atomic mass is 9.85. The van der Waals surface area contributed by atoms with Gasteiger partial charge in [-0.25, -0.2) is 0 Å². The number of Topliss-reactive ketones (excluding diaryl/α,β-unsaturated/α-hetero) is 1. The van der Waals surface area contributed by atoms with Gasteiger partial charge in [0.05, 0.1) is 5.92 Å². The number of allylic oxidation sites excluding steroid dienone is 1. The highest BCUT2D eigenvalue weighted by Gasteiger charge is 2.35. The van der Waals surface area contributed by atoms with Crippen molar-refractivity contribution in [2.45, 2.75) is 33.3 Å². The van der Waals surface area contributed by atoms with Gasteiger partial charge in [0.1, 0.15) is 5.60 Å². The van der Waals surface area contributed by atoms with Gasteiger partial charge in [0.25, 0.3) is 0 Å². The SMILES string of the molecule is C=CC(C(=O)C(=C)C)C(C)(C)OC(C)=O. The predicted octanol–water partition coefficient (Wildman–Crippen LogP) is 2.28. The monoisotopic (exact) mass is 210 g/mol. The Morgan fingerprint density at radius 3 is 2.07 bits per heavy atom. The summed E-state index contributed by atoms with van der Waals surface area (Å²) >= 11 is 0. The number of hydrogen-bond donors (Lipinski definition) is 0. The number of ether oxygens (including phenoxy) is 1. The van der Waals surface area contributed by atoms with Gasteiger partial charge in [-0.15, -0.1) is 6.58 Å². The van der Waals surface area contributed by atoms with Crippen LogP contribution in [0.1, 0.15) is 27.7 Å². The maximum Gasteiger partial charge on any atom is 0.303 e. The normalized spacial score (nSPS) is 12.8. The molecule has 0 aromatic heterocycles. The van der Waals surface area contributed by atoms with Crippen molar-refractivity contribution in [3.63, 3.8) is 0 Å². The summed E-state index contributed by atoms with van der Waals surface area (Å²) in [4.78, 5) is 22.6. The summed E-state index contributed by atoms with van der Waals surface area (Å²) in [6.45, 7) is 13.5. The first kappa shape index (κ1) is 13.6. The first-order valence-corrected chi connectivity index (χ1v) is 4.74. The summed E-state index contributed by atoms with van der Waals surface area (Å²) in [7, 11) is 0. The quantitative estimate of drug-likeness (QED) is 0.397. The maximum absolute atomic E-state index is 11.7. The lowest BCUT2D eigenvalue weighted by Crippen LogP contribution is -2.39. The standard InChI is InChI=1S/C12H18O3/c1-7-10(11(14)8(2)3)12(5,6)15-9(4)13/h7,10H,1-2H2,3-6H3. The number of rotatable bonds is 5. The van der Waals surface area contributed by atoms with Gasteiger partial charge in [0.15, 0.2) is 5.78 Å². The van der Waals surface area contributed by atoms with Gasteiger partial charge < -0.3 is 4.74 Å². The molecule has 0 aliphatic carbocycles. The van der Waals surface area contributed by atoms with E-state index < -0.39 is 17.5 Å². The molecule has 15 heavy (non-hydrogen) atoms. The van der Waals surface area contributed by atoms with Crippen molar-refractivity contribution in [2.75, 3.05) is 0 Å². The van der Waals surface area contributed by atoms with Gasteiger partial charge in [0, 0.05) is 6.92 Å². The molecular weight excluding hydrogens is 192 g/mol. The molecule has 0 radical (unpaired) electrons. The van der Waals surface area contributed by atoms with Gasteiger partial charge in [-0.05, 0) is 26.3 Å². The Morgan fingerprint density at radius 2 is 1.80 bits per heavy atom. The van der Waals surface area contributed by atoms with E-state index in [2.05, 4.69) is 13.2 Å². The maximum atomic E-state index is 11.7. The third-order valence-corrected chi connectivity index (χ3v) is 2.09. The molecule has 0 aliphatic rings. The van der Waals surface area contributed by atoms with E-state index in [1.807, 2.05) is 0 Å². The van der Waals surface area contributed by atoms with Crippen molar-refractivity contribution < 1.29 is 14.3 Å². The second-order valence-electron chi connectivity index (χ2n) is 4.06. The molecule has 84 valence electrons. The Kier molecular flexibility index (Phi) is 4.46. The molecule has 0 saturated carbocycles. The van der Waals surface area contributed by atoms with Gasteiger partial charge in [-0.1, -0.05) is 12.7 Å². The van der Waals surface area contributed by atoms with Crippen molar-refractivity contribution in [3.05, 3.63) is 24.8 Å². The zero-order chi connectivity index (χ0) is 12.2. The molecule has 3 nitrogen and oxygen atoms in total. The molecule has 1 atom stereocenters. The minimum atomic E-state index is -0.885. The summed E-state index contributed by atoms with van der Waals surface area (Å²) in [6, 6.07) is 0. The van der Waals surface area contributed by atoms with Crippen molar-refractivity contribution in [1.82, 2.24) is 0 Å². The van der Waals surface area contributed by atoms with E-state index in [1.165, 1.54) is 13.0 Å². The highest BCUT2D eigenvalue weighted by molar-refractivity contribution is 5.98. The summed E-state index contributed by atoms with van der Waals surface area (Å²) < 4.78 is 5.09. The van der Waals surface area contributed by atoms with Crippen molar-refractivity contribution in [3.8, 4) is 0 Å². The Morgan fingerprint density at radius 1 is 1.33 bits per heavy atom. The number of hydrogen-bond acceptors (Lipinski definition) is 3. The van der Waals surface area contributed by atoms with Gasteiger partial charge >= 0.3 is 5.97 Å². The third kappa shape index (κ3) is 3.70. The summed E-state index contributed by atoms with van der Waals surface area (Å²) in [5.41, 5.74) is -0.455. The summed E-state index contributed by atoms with van der Waals surface area (Å²) in [5.74, 6) is -1.13. The average molecular weight is 210 g/mol. The Labute approximate surface area is 90.8 Å². The molecule has 0 N–H and O–H groups in total. The van der Waals surface area contributed by atoms with Crippen LogP contribution in [0.15, 0.2) is 24.8 Å². The van der Waals surface area contributed by atoms with E-state index in [9.17, 15) is 9.59 Å². The molecule has 0 bridgehead atoms. The molecule has 0 aromatic rings. The zero-order valence-electron chi connectivity index (χ0n) is 9.79. The van der Waals surface area contributed by atoms with Crippen LogP contribution in [-0.4, -0.2) is 17.4 Å². The Balaban J connectivity index is 4.95. The number of carbonyl (C=O) groups is 2. The van der Waals surface area contributed by atoms with E-state index in [1.54, 1.807) is 20.8 Å². The highest BCUT2D eigenvalue weighted by atomic mass is 16.6. The second kappa shape index (κ2) is 4.91. The Hall–Kier alpha value is -1.38. The molecule has 0 saturated heterocycles. The van der Waals surface area contributed by atoms with E-state index in [4.69, 9.17) is 4.74 Å². The number of carbonyl (C=O) groups excluding carboxylic acids is 2. The van der Waals surface area contributed by atoms with Crippen LogP contribution < -0.4 is 0 Å². The molecule has 0 rings (SSSR count). The topological polar surface area (TPSA) is 43.4 Å². The van der Waals surface area contributed by atoms with Crippen molar-refractivity contribution >= 4 is 11.8 Å². The van der Waals surface area contributed by atoms with Crippen molar-refractivity contribution in [2.24, 2.45) is 5.92 Å². The minimum Gasteiger partial charge on any atom is -0.459 e. The van der Waals surface area contributed by atoms with Crippen LogP contribution in [-0.2, 0) is 14.3 Å². The minimum absolute atomic E-state index is 0.156. The molecular formula is C12H18O3. The van der Waals surface area contributed by atoms with E-state index in [0.29, 0.717) is 5.57 Å². The summed E-state index contributed by atoms with van der Waals surface area (Å²) in [5, 5.41) is 0. The molecule has 0 amide bonds. The fourth-order valence-electron chi connectivity index (χ4n) is 1.41. The van der Waals surface area contributed by atoms with Gasteiger partial charge in [-0.3, -0.25) is 9.59 Å². The number of ketones is 1. The molecule has 0 aromatic carbocycles. The highest BCUT2D eigenvalue weighted by Crippen LogP contribution is 2.25. The van der Waals surface area contributed by atoms with Crippen LogP contribution in [0.3, 0.4) is 0 Å². The molecule has 0 spiro atoms. The first-order chi connectivity index (χ1) is 6.72. The molecule has 0 heterocycles. The van der Waals surface area contributed by atoms with Crippen LogP contribution in [0, 0.1) is 5.92 Å². The molecule has 3 heteroatoms. The van der Waals surface area contributed by atoms with Crippen LogP contribution in [0.2, 0.25) is 0 Å². The molecule has 1 unspecified atom stereocenters. The van der Waals surface area contributed by atoms with E-state index >= 15 is 0 Å². The van der Waals surface area contributed by atoms with Crippen LogP contribution in [0.5, 0.6) is 0 Å². The van der Waals surface area contributed by atoms with Crippen molar-refractivity contribution in [1.29, 1.82) is 0 Å². The lowest BCUT2D eigenvalue weighted by Gasteiger charge is -2.30. The smallest absolute Gasteiger partial charge is 0.303 e. The summed E-state index contributed by atoms with van der Waals surface area (Å²) in [6.07, 6.45) is 1.49. The van der Waals surface area contributed by atoms with Crippen LogP contribution in [0.4, 0.5) is 0 Å². The first-order valence-electron chi connectivity index (χ1n) is 4.74. The number of esters is 1.